The highest BCUT2D eigenvalue weighted by atomic mass is 19.1. The maximum Gasteiger partial charge on any atom is 0.248 e. The van der Waals surface area contributed by atoms with Crippen molar-refractivity contribution in [3.8, 4) is 11.3 Å². The Bertz CT molecular complexity index is 900. The summed E-state index contributed by atoms with van der Waals surface area (Å²) in [6.45, 7) is 0. The standard InChI is InChI=1S/C19H13F2NO2/c20-15-6-2-1-5-14(15)18-11-9-13(24-18)10-12-19(23)22-17-8-4-3-7-16(17)21/h1-12H,(H,22,23)/b12-10+. The number of carbonyl (C=O) groups excluding carboxylic acids is 1. The van der Waals surface area contributed by atoms with Crippen LogP contribution in [0.1, 0.15) is 5.76 Å². The van der Waals surface area contributed by atoms with E-state index in [1.165, 1.54) is 36.4 Å². The summed E-state index contributed by atoms with van der Waals surface area (Å²) < 4.78 is 32.6. The van der Waals surface area contributed by atoms with Gasteiger partial charge >= 0.3 is 0 Å². The van der Waals surface area contributed by atoms with Crippen LogP contribution in [0.3, 0.4) is 0 Å². The van der Waals surface area contributed by atoms with Gasteiger partial charge in [-0.05, 0) is 42.5 Å². The van der Waals surface area contributed by atoms with Gasteiger partial charge < -0.3 is 9.73 Å². The average molecular weight is 325 g/mol. The van der Waals surface area contributed by atoms with Crippen LogP contribution in [-0.4, -0.2) is 5.91 Å². The Labute approximate surface area is 137 Å². The molecule has 1 amide bonds. The van der Waals surface area contributed by atoms with Gasteiger partial charge in [0.25, 0.3) is 0 Å². The molecule has 0 unspecified atom stereocenters. The lowest BCUT2D eigenvalue weighted by atomic mass is 10.1. The zero-order valence-electron chi connectivity index (χ0n) is 12.5. The van der Waals surface area contributed by atoms with Gasteiger partial charge in [0.05, 0.1) is 11.3 Å². The van der Waals surface area contributed by atoms with E-state index in [1.54, 1.807) is 36.4 Å². The lowest BCUT2D eigenvalue weighted by molar-refractivity contribution is -0.111. The first kappa shape index (κ1) is 15.7. The minimum atomic E-state index is -0.515. The van der Waals surface area contributed by atoms with Crippen LogP contribution in [0.25, 0.3) is 17.4 Å². The third-order valence-corrected chi connectivity index (χ3v) is 3.30. The van der Waals surface area contributed by atoms with E-state index >= 15 is 0 Å². The van der Waals surface area contributed by atoms with E-state index < -0.39 is 11.7 Å². The second-order valence-corrected chi connectivity index (χ2v) is 4.98. The molecule has 3 rings (SSSR count). The molecule has 1 heterocycles. The minimum absolute atomic E-state index is 0.0960. The first-order chi connectivity index (χ1) is 11.6. The Morgan fingerprint density at radius 3 is 2.38 bits per heavy atom. The average Bonchev–Trinajstić information content (AvgIpc) is 3.04. The largest absolute Gasteiger partial charge is 0.457 e. The van der Waals surface area contributed by atoms with Crippen molar-refractivity contribution in [2.45, 2.75) is 0 Å². The molecular weight excluding hydrogens is 312 g/mol. The van der Waals surface area contributed by atoms with Gasteiger partial charge in [-0.15, -0.1) is 0 Å². The molecule has 24 heavy (non-hydrogen) atoms. The fraction of sp³-hybridized carbons (Fsp3) is 0. The number of furan rings is 1. The smallest absolute Gasteiger partial charge is 0.248 e. The van der Waals surface area contributed by atoms with Crippen molar-refractivity contribution in [3.63, 3.8) is 0 Å². The highest BCUT2D eigenvalue weighted by molar-refractivity contribution is 6.01. The topological polar surface area (TPSA) is 42.2 Å². The van der Waals surface area contributed by atoms with Gasteiger partial charge in [-0.2, -0.15) is 0 Å². The molecule has 0 aliphatic heterocycles. The summed E-state index contributed by atoms with van der Waals surface area (Å²) in [5, 5.41) is 2.43. The molecule has 0 fully saturated rings. The molecule has 0 spiro atoms. The second-order valence-electron chi connectivity index (χ2n) is 4.98. The number of para-hydroxylation sites is 1. The van der Waals surface area contributed by atoms with Gasteiger partial charge in [-0.3, -0.25) is 4.79 Å². The van der Waals surface area contributed by atoms with Gasteiger partial charge in [0, 0.05) is 6.08 Å². The van der Waals surface area contributed by atoms with Crippen LogP contribution in [-0.2, 0) is 4.79 Å². The predicted octanol–water partition coefficient (Wildman–Crippen LogP) is 4.88. The Morgan fingerprint density at radius 2 is 1.62 bits per heavy atom. The predicted molar refractivity (Wildman–Crippen MR) is 88.2 cm³/mol. The van der Waals surface area contributed by atoms with Gasteiger partial charge in [0.2, 0.25) is 5.91 Å². The zero-order chi connectivity index (χ0) is 16.9. The van der Waals surface area contributed by atoms with Gasteiger partial charge in [0.1, 0.15) is 23.2 Å². The second kappa shape index (κ2) is 6.91. The molecule has 5 heteroatoms. The Hall–Kier alpha value is -3.21. The fourth-order valence-corrected chi connectivity index (χ4v) is 2.14. The maximum absolute atomic E-state index is 13.7. The van der Waals surface area contributed by atoms with Gasteiger partial charge in [-0.1, -0.05) is 24.3 Å². The van der Waals surface area contributed by atoms with Crippen LogP contribution in [0.2, 0.25) is 0 Å². The highest BCUT2D eigenvalue weighted by Crippen LogP contribution is 2.25. The molecule has 120 valence electrons. The maximum atomic E-state index is 13.7. The number of amides is 1. The lowest BCUT2D eigenvalue weighted by Crippen LogP contribution is -2.08. The van der Waals surface area contributed by atoms with E-state index in [1.807, 2.05) is 0 Å². The van der Waals surface area contributed by atoms with Crippen LogP contribution in [0, 0.1) is 11.6 Å². The summed E-state index contributed by atoms with van der Waals surface area (Å²) in [4.78, 5) is 11.8. The van der Waals surface area contributed by atoms with Crippen LogP contribution in [0.4, 0.5) is 14.5 Å². The zero-order valence-corrected chi connectivity index (χ0v) is 12.5. The summed E-state index contributed by atoms with van der Waals surface area (Å²) in [7, 11) is 0. The molecule has 2 aromatic carbocycles. The monoisotopic (exact) mass is 325 g/mol. The number of hydrogen-bond acceptors (Lipinski definition) is 2. The first-order valence-electron chi connectivity index (χ1n) is 7.22. The van der Waals surface area contributed by atoms with Crippen LogP contribution in [0.15, 0.2) is 71.2 Å². The van der Waals surface area contributed by atoms with Crippen LogP contribution >= 0.6 is 0 Å². The Balaban J connectivity index is 1.70. The van der Waals surface area contributed by atoms with E-state index in [4.69, 9.17) is 4.42 Å². The first-order valence-corrected chi connectivity index (χ1v) is 7.22. The molecular formula is C19H13F2NO2. The minimum Gasteiger partial charge on any atom is -0.457 e. The Morgan fingerprint density at radius 1 is 0.917 bits per heavy atom. The lowest BCUT2D eigenvalue weighted by Gasteiger charge is -2.02. The number of nitrogens with one attached hydrogen (secondary N) is 1. The molecule has 0 saturated carbocycles. The van der Waals surface area contributed by atoms with Crippen LogP contribution in [0.5, 0.6) is 0 Å². The van der Waals surface area contributed by atoms with Crippen molar-refractivity contribution in [2.75, 3.05) is 5.32 Å². The molecule has 0 radical (unpaired) electrons. The Kier molecular flexibility index (Phi) is 4.52. The molecule has 0 atom stereocenters. The normalized spacial score (nSPS) is 10.9. The van der Waals surface area contributed by atoms with E-state index in [0.29, 0.717) is 17.1 Å². The van der Waals surface area contributed by atoms with E-state index in [-0.39, 0.29) is 11.5 Å². The number of hydrogen-bond donors (Lipinski definition) is 1. The van der Waals surface area contributed by atoms with E-state index in [9.17, 15) is 13.6 Å². The van der Waals surface area contributed by atoms with Crippen LogP contribution < -0.4 is 5.32 Å². The summed E-state index contributed by atoms with van der Waals surface area (Å²) in [5.74, 6) is -0.651. The van der Waals surface area contributed by atoms with Crippen molar-refractivity contribution < 1.29 is 18.0 Å². The van der Waals surface area contributed by atoms with Gasteiger partial charge in [-0.25, -0.2) is 8.78 Å². The summed E-state index contributed by atoms with van der Waals surface area (Å²) in [6.07, 6.45) is 2.65. The molecule has 0 aliphatic rings. The van der Waals surface area contributed by atoms with Crippen molar-refractivity contribution in [1.29, 1.82) is 0 Å². The van der Waals surface area contributed by atoms with Crippen molar-refractivity contribution in [2.24, 2.45) is 0 Å². The summed E-state index contributed by atoms with van der Waals surface area (Å²) >= 11 is 0. The highest BCUT2D eigenvalue weighted by Gasteiger charge is 2.08. The quantitative estimate of drug-likeness (QED) is 0.695. The molecule has 1 aromatic heterocycles. The van der Waals surface area contributed by atoms with Gasteiger partial charge in [0.15, 0.2) is 0 Å². The van der Waals surface area contributed by atoms with Crippen molar-refractivity contribution >= 4 is 17.7 Å². The molecule has 3 nitrogen and oxygen atoms in total. The number of carbonyl (C=O) groups is 1. The third-order valence-electron chi connectivity index (χ3n) is 3.30. The fourth-order valence-electron chi connectivity index (χ4n) is 2.14. The number of halogens is 2. The molecule has 0 aliphatic carbocycles. The summed E-state index contributed by atoms with van der Waals surface area (Å²) in [5.41, 5.74) is 0.437. The molecule has 1 N–H and O–H groups in total. The number of rotatable bonds is 4. The van der Waals surface area contributed by atoms with Crippen molar-refractivity contribution in [1.82, 2.24) is 0 Å². The third kappa shape index (κ3) is 3.57. The molecule has 0 saturated heterocycles. The number of anilines is 1. The summed E-state index contributed by atoms with van der Waals surface area (Å²) in [6, 6.07) is 15.4. The van der Waals surface area contributed by atoms with Crippen molar-refractivity contribution in [3.05, 3.63) is 84.1 Å². The molecule has 0 bridgehead atoms. The SMILES string of the molecule is O=C(/C=C/c1ccc(-c2ccccc2F)o1)Nc1ccccc1F. The van der Waals surface area contributed by atoms with E-state index in [0.717, 1.165) is 0 Å². The number of benzene rings is 2. The van der Waals surface area contributed by atoms with E-state index in [2.05, 4.69) is 5.32 Å². The molecule has 3 aromatic rings.